The van der Waals surface area contributed by atoms with Gasteiger partial charge in [-0.3, -0.25) is 0 Å². The van der Waals surface area contributed by atoms with Crippen LogP contribution < -0.4 is 0 Å². The highest BCUT2D eigenvalue weighted by Crippen LogP contribution is 2.40. The lowest BCUT2D eigenvalue weighted by atomic mass is 9.70. The van der Waals surface area contributed by atoms with E-state index in [1.165, 1.54) is 51.4 Å². The lowest BCUT2D eigenvalue weighted by Gasteiger charge is -2.37. The molecule has 0 bridgehead atoms. The summed E-state index contributed by atoms with van der Waals surface area (Å²) in [6.45, 7) is 8.37. The van der Waals surface area contributed by atoms with Crippen LogP contribution >= 0.6 is 0 Å². The van der Waals surface area contributed by atoms with Crippen LogP contribution in [0.5, 0.6) is 0 Å². The fraction of sp³-hybridized carbons (Fsp3) is 0.765. The average Bonchev–Trinajstić information content (AvgIpc) is 2.46. The summed E-state index contributed by atoms with van der Waals surface area (Å²) in [6.07, 6.45) is 15.4. The third-order valence-corrected chi connectivity index (χ3v) is 4.99. The van der Waals surface area contributed by atoms with Gasteiger partial charge >= 0.3 is 0 Å². The number of allylic oxidation sites excluding steroid dienone is 1. The zero-order chi connectivity index (χ0) is 12.8. The molecule has 2 aliphatic rings. The Labute approximate surface area is 112 Å². The molecule has 102 valence electrons. The van der Waals surface area contributed by atoms with E-state index in [2.05, 4.69) is 19.2 Å². The summed E-state index contributed by atoms with van der Waals surface area (Å²) in [7, 11) is 0. The van der Waals surface area contributed by atoms with Crippen molar-refractivity contribution in [2.75, 3.05) is 6.61 Å². The van der Waals surface area contributed by atoms with Crippen molar-refractivity contribution in [3.05, 3.63) is 25.3 Å². The Morgan fingerprint density at radius 1 is 0.833 bits per heavy atom. The van der Waals surface area contributed by atoms with Gasteiger partial charge in [-0.25, -0.2) is 0 Å². The molecule has 0 aromatic carbocycles. The molecule has 0 amide bonds. The van der Waals surface area contributed by atoms with Crippen LogP contribution in [0.15, 0.2) is 25.3 Å². The second-order valence-electron chi connectivity index (χ2n) is 6.07. The van der Waals surface area contributed by atoms with Gasteiger partial charge in [-0.2, -0.15) is 0 Å². The van der Waals surface area contributed by atoms with Gasteiger partial charge in [-0.15, -0.1) is 13.2 Å². The minimum atomic E-state index is 0.503. The van der Waals surface area contributed by atoms with Crippen molar-refractivity contribution < 1.29 is 4.74 Å². The van der Waals surface area contributed by atoms with Gasteiger partial charge in [0.1, 0.15) is 0 Å². The quantitative estimate of drug-likeness (QED) is 0.638. The van der Waals surface area contributed by atoms with Crippen LogP contribution in [-0.2, 0) is 4.74 Å². The zero-order valence-electron chi connectivity index (χ0n) is 11.7. The van der Waals surface area contributed by atoms with Crippen LogP contribution in [0.4, 0.5) is 0 Å². The van der Waals surface area contributed by atoms with Crippen LogP contribution in [0.2, 0.25) is 0 Å². The van der Waals surface area contributed by atoms with Gasteiger partial charge in [0.15, 0.2) is 0 Å². The Balaban J connectivity index is 1.70. The Bertz CT molecular complexity index is 255. The van der Waals surface area contributed by atoms with Gasteiger partial charge < -0.3 is 4.74 Å². The fourth-order valence-corrected chi connectivity index (χ4v) is 3.78. The standard InChI is InChI=1S/C17H28O/c1-3-13-18-17-11-9-16(10-12-17)15-7-5-14(4-2)6-8-15/h3-4,14-17H,1-2,5-13H2/t14-,15-,16?,17?. The highest BCUT2D eigenvalue weighted by atomic mass is 16.5. The lowest BCUT2D eigenvalue weighted by molar-refractivity contribution is 0.0220. The summed E-state index contributed by atoms with van der Waals surface area (Å²) in [5.74, 6) is 2.76. The molecule has 0 aliphatic heterocycles. The topological polar surface area (TPSA) is 9.23 Å². The van der Waals surface area contributed by atoms with Crippen molar-refractivity contribution >= 4 is 0 Å². The van der Waals surface area contributed by atoms with E-state index in [1.807, 2.05) is 6.08 Å². The lowest BCUT2D eigenvalue weighted by Crippen LogP contribution is -2.28. The van der Waals surface area contributed by atoms with Gasteiger partial charge in [0, 0.05) is 0 Å². The molecule has 0 radical (unpaired) electrons. The first-order chi connectivity index (χ1) is 8.83. The number of ether oxygens (including phenoxy) is 1. The zero-order valence-corrected chi connectivity index (χ0v) is 11.7. The molecule has 0 atom stereocenters. The van der Waals surface area contributed by atoms with Gasteiger partial charge in [-0.1, -0.05) is 12.2 Å². The van der Waals surface area contributed by atoms with Crippen molar-refractivity contribution in [1.82, 2.24) is 0 Å². The van der Waals surface area contributed by atoms with Gasteiger partial charge in [0.05, 0.1) is 12.7 Å². The van der Waals surface area contributed by atoms with Gasteiger partial charge in [-0.05, 0) is 69.1 Å². The molecule has 1 heteroatoms. The molecular weight excluding hydrogens is 220 g/mol. The Hall–Kier alpha value is -0.560. The molecule has 2 saturated carbocycles. The number of hydrogen-bond acceptors (Lipinski definition) is 1. The summed E-state index contributed by atoms with van der Waals surface area (Å²) in [4.78, 5) is 0. The second kappa shape index (κ2) is 7.13. The van der Waals surface area contributed by atoms with E-state index in [9.17, 15) is 0 Å². The highest BCUT2D eigenvalue weighted by molar-refractivity contribution is 4.87. The number of hydrogen-bond donors (Lipinski definition) is 0. The summed E-state index contributed by atoms with van der Waals surface area (Å²) in [5.41, 5.74) is 0. The maximum atomic E-state index is 5.77. The van der Waals surface area contributed by atoms with Crippen molar-refractivity contribution in [1.29, 1.82) is 0 Å². The highest BCUT2D eigenvalue weighted by Gasteiger charge is 2.30. The van der Waals surface area contributed by atoms with Crippen LogP contribution in [0.1, 0.15) is 51.4 Å². The fourth-order valence-electron chi connectivity index (χ4n) is 3.78. The molecule has 1 nitrogen and oxygen atoms in total. The van der Waals surface area contributed by atoms with E-state index in [0.717, 1.165) is 24.4 Å². The molecule has 0 unspecified atom stereocenters. The molecule has 2 rings (SSSR count). The Kier molecular flexibility index (Phi) is 5.49. The predicted molar refractivity (Wildman–Crippen MR) is 77.5 cm³/mol. The largest absolute Gasteiger partial charge is 0.374 e. The molecule has 0 N–H and O–H groups in total. The minimum absolute atomic E-state index is 0.503. The summed E-state index contributed by atoms with van der Waals surface area (Å²) in [6, 6.07) is 0. The molecular formula is C17H28O. The molecule has 0 spiro atoms. The smallest absolute Gasteiger partial charge is 0.0648 e. The van der Waals surface area contributed by atoms with Crippen LogP contribution in [-0.4, -0.2) is 12.7 Å². The summed E-state index contributed by atoms with van der Waals surface area (Å²) >= 11 is 0. The molecule has 18 heavy (non-hydrogen) atoms. The van der Waals surface area contributed by atoms with Gasteiger partial charge in [0.25, 0.3) is 0 Å². The van der Waals surface area contributed by atoms with Crippen molar-refractivity contribution in [2.24, 2.45) is 17.8 Å². The maximum absolute atomic E-state index is 5.77. The second-order valence-corrected chi connectivity index (χ2v) is 6.07. The van der Waals surface area contributed by atoms with Crippen molar-refractivity contribution in [3.8, 4) is 0 Å². The third kappa shape index (κ3) is 3.71. The molecule has 0 saturated heterocycles. The monoisotopic (exact) mass is 248 g/mol. The van der Waals surface area contributed by atoms with E-state index < -0.39 is 0 Å². The van der Waals surface area contributed by atoms with Crippen molar-refractivity contribution in [2.45, 2.75) is 57.5 Å². The normalized spacial score (nSPS) is 37.1. The SMILES string of the molecule is C=CCOC1CCC([C@H]2CC[C@H](C=C)CC2)CC1. The average molecular weight is 248 g/mol. The van der Waals surface area contributed by atoms with Crippen LogP contribution in [0, 0.1) is 17.8 Å². The van der Waals surface area contributed by atoms with Gasteiger partial charge in [0.2, 0.25) is 0 Å². The van der Waals surface area contributed by atoms with Crippen molar-refractivity contribution in [3.63, 3.8) is 0 Å². The first-order valence-electron chi connectivity index (χ1n) is 7.68. The van der Waals surface area contributed by atoms with E-state index >= 15 is 0 Å². The van der Waals surface area contributed by atoms with Crippen LogP contribution in [0.3, 0.4) is 0 Å². The molecule has 2 aliphatic carbocycles. The molecule has 2 fully saturated rings. The predicted octanol–water partition coefficient (Wildman–Crippen LogP) is 4.74. The minimum Gasteiger partial charge on any atom is -0.374 e. The van der Waals surface area contributed by atoms with E-state index in [-0.39, 0.29) is 0 Å². The first kappa shape index (κ1) is 13.9. The summed E-state index contributed by atoms with van der Waals surface area (Å²) < 4.78 is 5.77. The molecule has 0 aromatic rings. The van der Waals surface area contributed by atoms with Crippen LogP contribution in [0.25, 0.3) is 0 Å². The molecule has 0 heterocycles. The molecule has 0 aromatic heterocycles. The summed E-state index contributed by atoms with van der Waals surface area (Å²) in [5, 5.41) is 0. The maximum Gasteiger partial charge on any atom is 0.0648 e. The third-order valence-electron chi connectivity index (χ3n) is 4.99. The first-order valence-corrected chi connectivity index (χ1v) is 7.68. The van der Waals surface area contributed by atoms with E-state index in [1.54, 1.807) is 0 Å². The number of rotatable bonds is 5. The van der Waals surface area contributed by atoms with E-state index in [4.69, 9.17) is 4.74 Å². The van der Waals surface area contributed by atoms with E-state index in [0.29, 0.717) is 6.10 Å². The Morgan fingerprint density at radius 2 is 1.39 bits per heavy atom. The Morgan fingerprint density at radius 3 is 1.89 bits per heavy atom.